The van der Waals surface area contributed by atoms with E-state index in [-0.39, 0.29) is 17.7 Å². The van der Waals surface area contributed by atoms with Crippen molar-refractivity contribution in [1.29, 1.82) is 0 Å². The van der Waals surface area contributed by atoms with Gasteiger partial charge in [0.15, 0.2) is 0 Å². The number of carbonyl (C=O) groups excluding carboxylic acids is 1. The van der Waals surface area contributed by atoms with Gasteiger partial charge in [-0.05, 0) is 55.2 Å². The number of ether oxygens (including phenoxy) is 1. The van der Waals surface area contributed by atoms with Crippen LogP contribution in [0.1, 0.15) is 53.7 Å². The van der Waals surface area contributed by atoms with E-state index in [9.17, 15) is 13.2 Å². The predicted molar refractivity (Wildman–Crippen MR) is 113 cm³/mol. The third kappa shape index (κ3) is 5.58. The molecule has 0 radical (unpaired) electrons. The van der Waals surface area contributed by atoms with Gasteiger partial charge in [-0.3, -0.25) is 4.79 Å². The fourth-order valence-corrected chi connectivity index (χ4v) is 5.06. The Labute approximate surface area is 172 Å². The molecule has 2 aromatic carbocycles. The zero-order valence-electron chi connectivity index (χ0n) is 16.9. The fourth-order valence-electron chi connectivity index (χ4n) is 3.45. The summed E-state index contributed by atoms with van der Waals surface area (Å²) in [6.45, 7) is 3.12. The van der Waals surface area contributed by atoms with Crippen LogP contribution in [0, 0.1) is 0 Å². The third-order valence-corrected chi connectivity index (χ3v) is 7.09. The summed E-state index contributed by atoms with van der Waals surface area (Å²) >= 11 is 0. The summed E-state index contributed by atoms with van der Waals surface area (Å²) < 4.78 is 31.8. The standard InChI is InChI=1S/C22H28N2O4S/c1-17(19-10-12-21(28-2)13-11-19)23-22(25)20-8-6-18(7-9-20)16-29(26,27)24-14-4-3-5-15-24/h6-13,17H,3-5,14-16H2,1-2H3,(H,23,25). The second-order valence-electron chi connectivity index (χ2n) is 7.38. The van der Waals surface area contributed by atoms with Gasteiger partial charge in [0.1, 0.15) is 5.75 Å². The summed E-state index contributed by atoms with van der Waals surface area (Å²) in [5, 5.41) is 2.96. The Morgan fingerprint density at radius 1 is 1.03 bits per heavy atom. The first-order valence-electron chi connectivity index (χ1n) is 9.90. The molecule has 1 unspecified atom stereocenters. The number of hydrogen-bond acceptors (Lipinski definition) is 4. The van der Waals surface area contributed by atoms with Crippen LogP contribution in [0.5, 0.6) is 5.75 Å². The molecule has 0 bridgehead atoms. The number of amides is 1. The van der Waals surface area contributed by atoms with Gasteiger partial charge in [-0.1, -0.05) is 30.7 Å². The first kappa shape index (κ1) is 21.3. The molecule has 1 N–H and O–H groups in total. The molecular weight excluding hydrogens is 388 g/mol. The van der Waals surface area contributed by atoms with Crippen LogP contribution < -0.4 is 10.1 Å². The van der Waals surface area contributed by atoms with Crippen LogP contribution >= 0.6 is 0 Å². The highest BCUT2D eigenvalue weighted by molar-refractivity contribution is 7.88. The average molecular weight is 417 g/mol. The minimum atomic E-state index is -3.31. The molecule has 1 fully saturated rings. The Hall–Kier alpha value is -2.38. The first-order chi connectivity index (χ1) is 13.9. The van der Waals surface area contributed by atoms with Crippen LogP contribution in [0.2, 0.25) is 0 Å². The van der Waals surface area contributed by atoms with Crippen LogP contribution in [0.15, 0.2) is 48.5 Å². The molecule has 0 aromatic heterocycles. The fraction of sp³-hybridized carbons (Fsp3) is 0.409. The highest BCUT2D eigenvalue weighted by Crippen LogP contribution is 2.19. The molecule has 6 nitrogen and oxygen atoms in total. The van der Waals surface area contributed by atoms with Crippen molar-refractivity contribution in [1.82, 2.24) is 9.62 Å². The van der Waals surface area contributed by atoms with Gasteiger partial charge in [0.2, 0.25) is 10.0 Å². The van der Waals surface area contributed by atoms with E-state index in [4.69, 9.17) is 4.74 Å². The predicted octanol–water partition coefficient (Wildman–Crippen LogP) is 3.50. The topological polar surface area (TPSA) is 75.7 Å². The van der Waals surface area contributed by atoms with Gasteiger partial charge in [0.05, 0.1) is 18.9 Å². The van der Waals surface area contributed by atoms with Crippen molar-refractivity contribution in [2.24, 2.45) is 0 Å². The number of nitrogens with zero attached hydrogens (tertiary/aromatic N) is 1. The monoisotopic (exact) mass is 416 g/mol. The minimum absolute atomic E-state index is 0.0306. The summed E-state index contributed by atoms with van der Waals surface area (Å²) in [7, 11) is -1.70. The molecule has 7 heteroatoms. The van der Waals surface area contributed by atoms with Crippen LogP contribution in [-0.2, 0) is 15.8 Å². The summed E-state index contributed by atoms with van der Waals surface area (Å²) in [5.74, 6) is 0.540. The Balaban J connectivity index is 1.60. The second kappa shape index (κ2) is 9.41. The van der Waals surface area contributed by atoms with E-state index < -0.39 is 10.0 Å². The highest BCUT2D eigenvalue weighted by Gasteiger charge is 2.24. The Morgan fingerprint density at radius 2 is 1.66 bits per heavy atom. The molecule has 2 aromatic rings. The summed E-state index contributed by atoms with van der Waals surface area (Å²) in [5.41, 5.74) is 2.17. The van der Waals surface area contributed by atoms with Crippen molar-refractivity contribution in [3.8, 4) is 5.75 Å². The molecule has 29 heavy (non-hydrogen) atoms. The van der Waals surface area contributed by atoms with Crippen molar-refractivity contribution in [3.63, 3.8) is 0 Å². The maximum Gasteiger partial charge on any atom is 0.251 e. The lowest BCUT2D eigenvalue weighted by atomic mass is 10.1. The van der Waals surface area contributed by atoms with Gasteiger partial charge in [-0.15, -0.1) is 0 Å². The van der Waals surface area contributed by atoms with Crippen molar-refractivity contribution in [3.05, 3.63) is 65.2 Å². The van der Waals surface area contributed by atoms with Crippen molar-refractivity contribution < 1.29 is 17.9 Å². The quantitative estimate of drug-likeness (QED) is 0.750. The molecule has 0 spiro atoms. The lowest BCUT2D eigenvalue weighted by molar-refractivity contribution is 0.0940. The number of nitrogens with one attached hydrogen (secondary N) is 1. The minimum Gasteiger partial charge on any atom is -0.497 e. The van der Waals surface area contributed by atoms with E-state index in [1.807, 2.05) is 31.2 Å². The number of piperidine rings is 1. The Morgan fingerprint density at radius 3 is 2.24 bits per heavy atom. The van der Waals surface area contributed by atoms with Crippen molar-refractivity contribution in [2.45, 2.75) is 38.0 Å². The number of sulfonamides is 1. The van der Waals surface area contributed by atoms with Gasteiger partial charge in [-0.25, -0.2) is 12.7 Å². The van der Waals surface area contributed by atoms with Gasteiger partial charge in [0, 0.05) is 18.7 Å². The van der Waals surface area contributed by atoms with Gasteiger partial charge in [-0.2, -0.15) is 0 Å². The van der Waals surface area contributed by atoms with E-state index in [1.54, 1.807) is 35.7 Å². The second-order valence-corrected chi connectivity index (χ2v) is 9.35. The maximum atomic E-state index is 12.6. The molecule has 1 heterocycles. The SMILES string of the molecule is COc1ccc(C(C)NC(=O)c2ccc(CS(=O)(=O)N3CCCCC3)cc2)cc1. The number of carbonyl (C=O) groups is 1. The van der Waals surface area contributed by atoms with Crippen molar-refractivity contribution in [2.75, 3.05) is 20.2 Å². The zero-order valence-corrected chi connectivity index (χ0v) is 17.7. The van der Waals surface area contributed by atoms with E-state index in [1.165, 1.54) is 0 Å². The maximum absolute atomic E-state index is 12.6. The molecule has 0 aliphatic carbocycles. The van der Waals surface area contributed by atoms with Crippen molar-refractivity contribution >= 4 is 15.9 Å². The molecule has 1 atom stereocenters. The zero-order chi connectivity index (χ0) is 20.9. The molecule has 0 saturated carbocycles. The largest absolute Gasteiger partial charge is 0.497 e. The van der Waals surface area contributed by atoms with Gasteiger partial charge < -0.3 is 10.1 Å². The van der Waals surface area contributed by atoms with Crippen LogP contribution in [-0.4, -0.2) is 38.8 Å². The molecule has 1 saturated heterocycles. The highest BCUT2D eigenvalue weighted by atomic mass is 32.2. The third-order valence-electron chi connectivity index (χ3n) is 5.24. The number of rotatable bonds is 7. The van der Waals surface area contributed by atoms with E-state index in [0.29, 0.717) is 24.2 Å². The van der Waals surface area contributed by atoms with Gasteiger partial charge in [0.25, 0.3) is 5.91 Å². The first-order valence-corrected chi connectivity index (χ1v) is 11.5. The lowest BCUT2D eigenvalue weighted by Crippen LogP contribution is -2.36. The van der Waals surface area contributed by atoms with Gasteiger partial charge >= 0.3 is 0 Å². The average Bonchev–Trinajstić information content (AvgIpc) is 2.74. The normalized spacial score (nSPS) is 16.2. The summed E-state index contributed by atoms with van der Waals surface area (Å²) in [6.07, 6.45) is 2.93. The molecule has 1 aliphatic rings. The summed E-state index contributed by atoms with van der Waals surface area (Å²) in [4.78, 5) is 12.5. The molecule has 156 valence electrons. The van der Waals surface area contributed by atoms with E-state index in [2.05, 4.69) is 5.32 Å². The molecule has 1 aliphatic heterocycles. The number of methoxy groups -OCH3 is 1. The molecular formula is C22H28N2O4S. The lowest BCUT2D eigenvalue weighted by Gasteiger charge is -2.25. The Kier molecular flexibility index (Phi) is 6.92. The van der Waals surface area contributed by atoms with Crippen LogP contribution in [0.3, 0.4) is 0 Å². The van der Waals surface area contributed by atoms with Crippen LogP contribution in [0.4, 0.5) is 0 Å². The molecule has 3 rings (SSSR count). The summed E-state index contributed by atoms with van der Waals surface area (Å²) in [6, 6.07) is 14.2. The smallest absolute Gasteiger partial charge is 0.251 e. The van der Waals surface area contributed by atoms with E-state index >= 15 is 0 Å². The number of hydrogen-bond donors (Lipinski definition) is 1. The molecule has 1 amide bonds. The van der Waals surface area contributed by atoms with Crippen LogP contribution in [0.25, 0.3) is 0 Å². The number of benzene rings is 2. The van der Waals surface area contributed by atoms with E-state index in [0.717, 1.165) is 30.6 Å². The Bertz CT molecular complexity index is 918.